The van der Waals surface area contributed by atoms with E-state index < -0.39 is 17.9 Å². The van der Waals surface area contributed by atoms with E-state index >= 15 is 0 Å². The van der Waals surface area contributed by atoms with Gasteiger partial charge in [0.2, 0.25) is 0 Å². The molecule has 5 nitrogen and oxygen atoms in total. The lowest BCUT2D eigenvalue weighted by Crippen LogP contribution is -2.42. The van der Waals surface area contributed by atoms with Gasteiger partial charge in [0.15, 0.2) is 0 Å². The van der Waals surface area contributed by atoms with E-state index in [4.69, 9.17) is 10.5 Å². The number of nitrogens with zero attached hydrogens (tertiary/aromatic N) is 1. The Morgan fingerprint density at radius 2 is 1.97 bits per heavy atom. The van der Waals surface area contributed by atoms with Crippen molar-refractivity contribution in [2.45, 2.75) is 32.2 Å². The van der Waals surface area contributed by atoms with Crippen LogP contribution in [-0.4, -0.2) is 44.1 Å². The van der Waals surface area contributed by atoms with Crippen molar-refractivity contribution < 1.29 is 23.0 Å². The fraction of sp³-hybridized carbons (Fsp3) is 0.375. The van der Waals surface area contributed by atoms with Gasteiger partial charge in [0.05, 0.1) is 26.8 Å². The van der Waals surface area contributed by atoms with Gasteiger partial charge in [-0.1, -0.05) is 18.2 Å². The maximum atomic E-state index is 14.0. The van der Waals surface area contributed by atoms with Gasteiger partial charge in [0, 0.05) is 30.8 Å². The van der Waals surface area contributed by atoms with Crippen LogP contribution in [0, 0.1) is 6.92 Å². The van der Waals surface area contributed by atoms with Crippen LogP contribution in [-0.2, 0) is 16.0 Å². The number of rotatable bonds is 6. The smallest absolute Gasteiger partial charge is 0.330 e. The first kappa shape index (κ1) is 22.7. The van der Waals surface area contributed by atoms with Crippen molar-refractivity contribution in [1.29, 1.82) is 0 Å². The lowest BCUT2D eigenvalue weighted by atomic mass is 9.84. The van der Waals surface area contributed by atoms with Crippen LogP contribution in [0.25, 0.3) is 6.08 Å². The Morgan fingerprint density at radius 3 is 2.61 bits per heavy atom. The Hall–Kier alpha value is -2.93. The molecule has 0 saturated heterocycles. The molecule has 1 aliphatic rings. The molecule has 2 aromatic rings. The van der Waals surface area contributed by atoms with Gasteiger partial charge in [-0.15, -0.1) is 0 Å². The highest BCUT2D eigenvalue weighted by atomic mass is 19.3. The van der Waals surface area contributed by atoms with Crippen molar-refractivity contribution >= 4 is 17.7 Å². The van der Waals surface area contributed by atoms with Gasteiger partial charge in [0.25, 0.3) is 5.92 Å². The van der Waals surface area contributed by atoms with Gasteiger partial charge in [-0.3, -0.25) is 4.90 Å². The van der Waals surface area contributed by atoms with Gasteiger partial charge in [0.1, 0.15) is 5.75 Å². The minimum Gasteiger partial charge on any atom is -0.496 e. The summed E-state index contributed by atoms with van der Waals surface area (Å²) in [6.07, 6.45) is 3.59. The molecule has 166 valence electrons. The van der Waals surface area contributed by atoms with Crippen molar-refractivity contribution in [1.82, 2.24) is 4.90 Å². The maximum absolute atomic E-state index is 14.0. The van der Waals surface area contributed by atoms with Crippen molar-refractivity contribution in [3.8, 4) is 5.75 Å². The van der Waals surface area contributed by atoms with Gasteiger partial charge in [-0.2, -0.15) is 0 Å². The maximum Gasteiger partial charge on any atom is 0.330 e. The van der Waals surface area contributed by atoms with Crippen LogP contribution >= 0.6 is 0 Å². The second-order valence-corrected chi connectivity index (χ2v) is 7.90. The number of fused-ring (bicyclic) bond motifs is 1. The molecule has 0 amide bonds. The molecule has 2 aromatic carbocycles. The molecule has 0 saturated carbocycles. The summed E-state index contributed by atoms with van der Waals surface area (Å²) in [4.78, 5) is 13.2. The van der Waals surface area contributed by atoms with E-state index in [1.165, 1.54) is 13.2 Å². The van der Waals surface area contributed by atoms with Crippen LogP contribution in [0.3, 0.4) is 0 Å². The lowest BCUT2D eigenvalue weighted by molar-refractivity contribution is -0.134. The van der Waals surface area contributed by atoms with Crippen LogP contribution in [0.4, 0.5) is 14.5 Å². The van der Waals surface area contributed by atoms with E-state index in [2.05, 4.69) is 4.74 Å². The highest BCUT2D eigenvalue weighted by Gasteiger charge is 2.36. The van der Waals surface area contributed by atoms with Crippen molar-refractivity contribution in [3.63, 3.8) is 0 Å². The first-order valence-corrected chi connectivity index (χ1v) is 10.1. The minimum absolute atomic E-state index is 0.367. The Bertz CT molecular complexity index is 999. The number of halogens is 2. The fourth-order valence-corrected chi connectivity index (χ4v) is 4.15. The number of methoxy groups -OCH3 is 2. The highest BCUT2D eigenvalue weighted by molar-refractivity contribution is 5.87. The van der Waals surface area contributed by atoms with Gasteiger partial charge in [-0.25, -0.2) is 13.6 Å². The molecule has 1 aliphatic heterocycles. The zero-order valence-corrected chi connectivity index (χ0v) is 18.2. The van der Waals surface area contributed by atoms with E-state index in [9.17, 15) is 13.6 Å². The molecular weight excluding hydrogens is 402 g/mol. The molecule has 31 heavy (non-hydrogen) atoms. The Labute approximate surface area is 181 Å². The van der Waals surface area contributed by atoms with E-state index in [1.807, 2.05) is 31.2 Å². The molecule has 3 rings (SSSR count). The summed E-state index contributed by atoms with van der Waals surface area (Å²) < 4.78 is 38.3. The summed E-state index contributed by atoms with van der Waals surface area (Å²) in [5.74, 6) is -2.74. The number of benzene rings is 2. The number of carbonyl (C=O) groups excluding carboxylic acids is 1. The number of anilines is 1. The van der Waals surface area contributed by atoms with Crippen molar-refractivity contribution in [2.24, 2.45) is 0 Å². The third-order valence-corrected chi connectivity index (χ3v) is 5.63. The van der Waals surface area contributed by atoms with Crippen molar-refractivity contribution in [2.75, 3.05) is 33.0 Å². The number of esters is 1. The number of nitrogens with two attached hydrogens (primary N) is 1. The summed E-state index contributed by atoms with van der Waals surface area (Å²) in [5.41, 5.74) is 11.4. The molecule has 0 bridgehead atoms. The quantitative estimate of drug-likeness (QED) is 0.419. The summed E-state index contributed by atoms with van der Waals surface area (Å²) in [6.45, 7) is 3.02. The van der Waals surface area contributed by atoms with Crippen LogP contribution in [0.2, 0.25) is 0 Å². The summed E-state index contributed by atoms with van der Waals surface area (Å²) >= 11 is 0. The molecule has 1 atom stereocenters. The normalized spacial score (nSPS) is 16.9. The average Bonchev–Trinajstić information content (AvgIpc) is 2.73. The number of alkyl halides is 2. The lowest BCUT2D eigenvalue weighted by Gasteiger charge is -2.40. The second kappa shape index (κ2) is 9.06. The molecule has 0 fully saturated rings. The van der Waals surface area contributed by atoms with Gasteiger partial charge < -0.3 is 15.2 Å². The van der Waals surface area contributed by atoms with E-state index in [1.54, 1.807) is 24.2 Å². The van der Waals surface area contributed by atoms with Crippen LogP contribution < -0.4 is 10.5 Å². The SMILES string of the molecule is COC(=O)/C=C/c1ccc(C2c3ccc(N)c(C)c3CCN2CC(C)(F)F)c(OC)c1. The standard InChI is InChI=1S/C24H28F2N2O3/c1-15-17-11-12-28(14-24(2,25)26)23(18(17)8-9-20(15)27)19-7-5-16(13-21(19)30-3)6-10-22(29)31-4/h5-10,13,23H,11-12,14,27H2,1-4H3/b10-6+. The monoisotopic (exact) mass is 430 g/mol. The van der Waals surface area contributed by atoms with Gasteiger partial charge >= 0.3 is 5.97 Å². The summed E-state index contributed by atoms with van der Waals surface area (Å²) in [5, 5.41) is 0. The third-order valence-electron chi connectivity index (χ3n) is 5.63. The molecule has 0 aliphatic carbocycles. The molecule has 0 radical (unpaired) electrons. The number of hydrogen-bond donors (Lipinski definition) is 1. The summed E-state index contributed by atoms with van der Waals surface area (Å²) in [7, 11) is 2.85. The zero-order chi connectivity index (χ0) is 22.8. The predicted octanol–water partition coefficient (Wildman–Crippen LogP) is 4.37. The van der Waals surface area contributed by atoms with Gasteiger partial charge in [-0.05, 0) is 53.8 Å². The first-order chi connectivity index (χ1) is 14.6. The van der Waals surface area contributed by atoms with Crippen LogP contribution in [0.1, 0.15) is 40.8 Å². The molecule has 2 N–H and O–H groups in total. The van der Waals surface area contributed by atoms with Crippen LogP contribution in [0.15, 0.2) is 36.4 Å². The number of carbonyl (C=O) groups is 1. The molecule has 0 spiro atoms. The summed E-state index contributed by atoms with van der Waals surface area (Å²) in [6, 6.07) is 8.83. The molecule has 1 unspecified atom stereocenters. The fourth-order valence-electron chi connectivity index (χ4n) is 4.15. The minimum atomic E-state index is -2.84. The van der Waals surface area contributed by atoms with Crippen LogP contribution in [0.5, 0.6) is 5.75 Å². The number of nitrogen functional groups attached to an aromatic ring is 1. The second-order valence-electron chi connectivity index (χ2n) is 7.90. The Kier molecular flexibility index (Phi) is 6.65. The molecular formula is C24H28F2N2O3. The zero-order valence-electron chi connectivity index (χ0n) is 18.2. The molecule has 0 aromatic heterocycles. The highest BCUT2D eigenvalue weighted by Crippen LogP contribution is 2.42. The van der Waals surface area contributed by atoms with Crippen molar-refractivity contribution in [3.05, 3.63) is 64.2 Å². The Balaban J connectivity index is 2.11. The predicted molar refractivity (Wildman–Crippen MR) is 117 cm³/mol. The topological polar surface area (TPSA) is 64.8 Å². The van der Waals surface area contributed by atoms with E-state index in [0.717, 1.165) is 34.7 Å². The largest absolute Gasteiger partial charge is 0.496 e. The Morgan fingerprint density at radius 1 is 1.26 bits per heavy atom. The molecule has 7 heteroatoms. The van der Waals surface area contributed by atoms with E-state index in [0.29, 0.717) is 24.4 Å². The number of ether oxygens (including phenoxy) is 2. The molecule has 1 heterocycles. The third kappa shape index (κ3) is 5.05. The first-order valence-electron chi connectivity index (χ1n) is 10.1. The van der Waals surface area contributed by atoms with E-state index in [-0.39, 0.29) is 6.54 Å². The average molecular weight is 430 g/mol. The number of hydrogen-bond acceptors (Lipinski definition) is 5.